The molecular weight excluding hydrogens is 330 g/mol. The van der Waals surface area contributed by atoms with Crippen LogP contribution in [0.5, 0.6) is 0 Å². The van der Waals surface area contributed by atoms with Crippen molar-refractivity contribution < 1.29 is 5.11 Å². The molecule has 1 atom stereocenters. The Morgan fingerprint density at radius 2 is 1.40 bits per heavy atom. The molecule has 2 aromatic carbocycles. The molecule has 1 N–H and O–H groups in total. The lowest BCUT2D eigenvalue weighted by Crippen LogP contribution is -2.47. The van der Waals surface area contributed by atoms with E-state index in [-0.39, 0.29) is 12.4 Å². The molecule has 0 aromatic heterocycles. The van der Waals surface area contributed by atoms with Crippen molar-refractivity contribution in [3.8, 4) is 11.8 Å². The van der Waals surface area contributed by atoms with E-state index in [0.717, 1.165) is 17.7 Å². The van der Waals surface area contributed by atoms with Gasteiger partial charge < -0.3 is 10.0 Å². The Morgan fingerprint density at radius 1 is 0.880 bits per heavy atom. The number of hydrogen-bond acceptors (Lipinski definition) is 2. The molecule has 3 heteroatoms. The number of halogens is 1. The van der Waals surface area contributed by atoms with Crippen molar-refractivity contribution in [2.24, 2.45) is 11.8 Å². The molecular formula is C22H24ClNO. The van der Waals surface area contributed by atoms with E-state index in [4.69, 9.17) is 0 Å². The lowest BCUT2D eigenvalue weighted by atomic mass is 9.78. The highest BCUT2D eigenvalue weighted by atomic mass is 35.5. The fourth-order valence-electron chi connectivity index (χ4n) is 4.00. The third kappa shape index (κ3) is 3.60. The Balaban J connectivity index is 0.00000182. The van der Waals surface area contributed by atoms with Gasteiger partial charge in [-0.1, -0.05) is 72.5 Å². The number of benzene rings is 2. The Hall–Kier alpha value is -1.79. The molecule has 3 saturated heterocycles. The molecule has 5 rings (SSSR count). The maximum absolute atomic E-state index is 11.5. The highest BCUT2D eigenvalue weighted by Gasteiger charge is 2.34. The first-order chi connectivity index (χ1) is 11.8. The summed E-state index contributed by atoms with van der Waals surface area (Å²) in [6.45, 7) is 3.48. The topological polar surface area (TPSA) is 23.5 Å². The predicted molar refractivity (Wildman–Crippen MR) is 104 cm³/mol. The third-order valence-electron chi connectivity index (χ3n) is 5.48. The number of aliphatic hydroxyl groups is 1. The molecule has 130 valence electrons. The molecule has 0 amide bonds. The monoisotopic (exact) mass is 353 g/mol. The summed E-state index contributed by atoms with van der Waals surface area (Å²) in [5.41, 5.74) is 0.434. The summed E-state index contributed by atoms with van der Waals surface area (Å²) in [7, 11) is 0. The van der Waals surface area contributed by atoms with Gasteiger partial charge in [-0.05, 0) is 31.8 Å². The zero-order valence-corrected chi connectivity index (χ0v) is 15.1. The molecule has 25 heavy (non-hydrogen) atoms. The van der Waals surface area contributed by atoms with Gasteiger partial charge in [0, 0.05) is 23.6 Å². The van der Waals surface area contributed by atoms with Crippen LogP contribution in [0.2, 0.25) is 0 Å². The van der Waals surface area contributed by atoms with Crippen molar-refractivity contribution in [1.82, 2.24) is 4.90 Å². The quantitative estimate of drug-likeness (QED) is 0.832. The van der Waals surface area contributed by atoms with Crippen LogP contribution in [0.15, 0.2) is 60.7 Å². The van der Waals surface area contributed by atoms with Crippen LogP contribution in [0, 0.1) is 23.7 Å². The lowest BCUT2D eigenvalue weighted by Gasteiger charge is -2.42. The molecule has 0 spiro atoms. The molecule has 3 fully saturated rings. The van der Waals surface area contributed by atoms with Crippen LogP contribution in [-0.2, 0) is 5.60 Å². The molecule has 3 aliphatic rings. The van der Waals surface area contributed by atoms with E-state index in [1.807, 2.05) is 60.7 Å². The molecule has 2 aromatic rings. The first-order valence-corrected chi connectivity index (χ1v) is 8.84. The molecule has 3 aliphatic heterocycles. The van der Waals surface area contributed by atoms with Gasteiger partial charge in [-0.3, -0.25) is 0 Å². The Labute approximate surface area is 156 Å². The van der Waals surface area contributed by atoms with E-state index in [2.05, 4.69) is 16.7 Å². The molecule has 3 heterocycles. The summed E-state index contributed by atoms with van der Waals surface area (Å²) in [6.07, 6.45) is 2.49. The summed E-state index contributed by atoms with van der Waals surface area (Å²) in [5, 5.41) is 11.5. The number of fused-ring (bicyclic) bond motifs is 3. The highest BCUT2D eigenvalue weighted by molar-refractivity contribution is 5.85. The van der Waals surface area contributed by atoms with Gasteiger partial charge in [-0.25, -0.2) is 0 Å². The van der Waals surface area contributed by atoms with Crippen molar-refractivity contribution in [2.75, 3.05) is 19.6 Å². The van der Waals surface area contributed by atoms with Gasteiger partial charge in [-0.15, -0.1) is 12.4 Å². The predicted octanol–water partition coefficient (Wildman–Crippen LogP) is 3.69. The zero-order valence-electron chi connectivity index (χ0n) is 14.3. The average Bonchev–Trinajstić information content (AvgIpc) is 2.68. The first kappa shape index (κ1) is 18.0. The summed E-state index contributed by atoms with van der Waals surface area (Å²) in [4.78, 5) is 2.50. The zero-order chi connectivity index (χ0) is 16.4. The van der Waals surface area contributed by atoms with Crippen LogP contribution in [-0.4, -0.2) is 29.6 Å². The van der Waals surface area contributed by atoms with Gasteiger partial charge in [0.1, 0.15) is 0 Å². The number of piperidine rings is 3. The van der Waals surface area contributed by atoms with Crippen LogP contribution in [0.3, 0.4) is 0 Å². The molecule has 1 unspecified atom stereocenters. The Morgan fingerprint density at radius 3 is 1.84 bits per heavy atom. The van der Waals surface area contributed by atoms with Gasteiger partial charge in [0.15, 0.2) is 5.60 Å². The second-order valence-electron chi connectivity index (χ2n) is 6.96. The van der Waals surface area contributed by atoms with Crippen molar-refractivity contribution in [3.05, 3.63) is 71.8 Å². The van der Waals surface area contributed by atoms with E-state index in [1.54, 1.807) is 0 Å². The lowest BCUT2D eigenvalue weighted by molar-refractivity contribution is 0.0771. The minimum Gasteiger partial charge on any atom is -0.369 e. The van der Waals surface area contributed by atoms with E-state index < -0.39 is 5.60 Å². The summed E-state index contributed by atoms with van der Waals surface area (Å²) in [5.74, 6) is 7.78. The maximum atomic E-state index is 11.5. The molecule has 2 bridgehead atoms. The standard InChI is InChI=1S/C22H23NO.ClH/c24-22(20-7-3-1-4-8-20,21-9-5-2-6-10-21)14-11-19-17-23-15-12-18(19)13-16-23;/h1-10,18-19,24H,12-13,15-17H2;1H. The van der Waals surface area contributed by atoms with Crippen LogP contribution in [0.4, 0.5) is 0 Å². The van der Waals surface area contributed by atoms with Crippen molar-refractivity contribution in [1.29, 1.82) is 0 Å². The van der Waals surface area contributed by atoms with Gasteiger partial charge in [0.2, 0.25) is 0 Å². The summed E-state index contributed by atoms with van der Waals surface area (Å²) < 4.78 is 0. The first-order valence-electron chi connectivity index (χ1n) is 8.84. The second kappa shape index (κ2) is 7.62. The Bertz CT molecular complexity index is 702. The number of rotatable bonds is 2. The van der Waals surface area contributed by atoms with Gasteiger partial charge in [0.05, 0.1) is 0 Å². The number of nitrogens with zero attached hydrogens (tertiary/aromatic N) is 1. The van der Waals surface area contributed by atoms with Gasteiger partial charge in [0.25, 0.3) is 0 Å². The smallest absolute Gasteiger partial charge is 0.176 e. The van der Waals surface area contributed by atoms with Crippen LogP contribution >= 0.6 is 12.4 Å². The third-order valence-corrected chi connectivity index (χ3v) is 5.48. The second-order valence-corrected chi connectivity index (χ2v) is 6.96. The van der Waals surface area contributed by atoms with E-state index in [0.29, 0.717) is 11.8 Å². The fourth-order valence-corrected chi connectivity index (χ4v) is 4.00. The summed E-state index contributed by atoms with van der Waals surface area (Å²) in [6, 6.07) is 19.6. The fraction of sp³-hybridized carbons (Fsp3) is 0.364. The molecule has 0 saturated carbocycles. The summed E-state index contributed by atoms with van der Waals surface area (Å²) >= 11 is 0. The maximum Gasteiger partial charge on any atom is 0.176 e. The van der Waals surface area contributed by atoms with Gasteiger partial charge in [-0.2, -0.15) is 0 Å². The molecule has 0 radical (unpaired) electrons. The van der Waals surface area contributed by atoms with Crippen LogP contribution in [0.1, 0.15) is 24.0 Å². The number of hydrogen-bond donors (Lipinski definition) is 1. The van der Waals surface area contributed by atoms with E-state index in [9.17, 15) is 5.11 Å². The SMILES string of the molecule is Cl.OC(C#CC1CN2CCC1CC2)(c1ccccc1)c1ccccc1. The average molecular weight is 354 g/mol. The van der Waals surface area contributed by atoms with Crippen molar-refractivity contribution in [2.45, 2.75) is 18.4 Å². The van der Waals surface area contributed by atoms with Gasteiger partial charge >= 0.3 is 0 Å². The largest absolute Gasteiger partial charge is 0.369 e. The normalized spacial score (nSPS) is 24.8. The van der Waals surface area contributed by atoms with E-state index >= 15 is 0 Å². The van der Waals surface area contributed by atoms with Crippen LogP contribution in [0.25, 0.3) is 0 Å². The van der Waals surface area contributed by atoms with Crippen molar-refractivity contribution >= 4 is 12.4 Å². The molecule has 0 aliphatic carbocycles. The Kier molecular flexibility index (Phi) is 5.49. The highest BCUT2D eigenvalue weighted by Crippen LogP contribution is 2.33. The van der Waals surface area contributed by atoms with Crippen LogP contribution < -0.4 is 0 Å². The minimum atomic E-state index is -1.24. The van der Waals surface area contributed by atoms with Crippen molar-refractivity contribution in [3.63, 3.8) is 0 Å². The van der Waals surface area contributed by atoms with E-state index in [1.165, 1.54) is 25.9 Å². The minimum absolute atomic E-state index is 0. The molecule has 2 nitrogen and oxygen atoms in total.